The van der Waals surface area contributed by atoms with Crippen LogP contribution in [0.25, 0.3) is 0 Å². The Bertz CT molecular complexity index is 162. The van der Waals surface area contributed by atoms with Crippen molar-refractivity contribution in [3.8, 4) is 12.3 Å². The Morgan fingerprint density at radius 1 is 1.89 bits per heavy atom. The van der Waals surface area contributed by atoms with Crippen LogP contribution < -0.4 is 0 Å². The lowest BCUT2D eigenvalue weighted by atomic mass is 10.0. The quantitative estimate of drug-likeness (QED) is 0.466. The van der Waals surface area contributed by atoms with Gasteiger partial charge in [-0.25, -0.2) is 0 Å². The number of terminal acetylenes is 1. The molecule has 0 radical (unpaired) electrons. The van der Waals surface area contributed by atoms with E-state index in [1.54, 1.807) is 0 Å². The highest BCUT2D eigenvalue weighted by molar-refractivity contribution is 5.83. The maximum Gasteiger partial charge on any atom is 0.0429 e. The van der Waals surface area contributed by atoms with Gasteiger partial charge in [0.25, 0.3) is 0 Å². The van der Waals surface area contributed by atoms with Crippen LogP contribution in [0.5, 0.6) is 0 Å². The fourth-order valence-electron chi connectivity index (χ4n) is 1.14. The Hall–Kier alpha value is -0.770. The molecule has 0 saturated carbocycles. The van der Waals surface area contributed by atoms with Crippen molar-refractivity contribution in [2.45, 2.75) is 19.8 Å². The van der Waals surface area contributed by atoms with E-state index in [1.165, 1.54) is 5.71 Å². The molecule has 1 atom stereocenters. The van der Waals surface area contributed by atoms with E-state index >= 15 is 0 Å². The molecule has 1 nitrogen and oxygen atoms in total. The van der Waals surface area contributed by atoms with Crippen molar-refractivity contribution in [2.24, 2.45) is 10.9 Å². The van der Waals surface area contributed by atoms with Crippen molar-refractivity contribution in [1.29, 1.82) is 0 Å². The second-order valence-corrected chi connectivity index (χ2v) is 2.55. The number of aliphatic imine (C=N–C) groups is 1. The maximum absolute atomic E-state index is 5.15. The van der Waals surface area contributed by atoms with E-state index in [1.807, 2.05) is 0 Å². The summed E-state index contributed by atoms with van der Waals surface area (Å²) in [6.07, 6.45) is 7.16. The summed E-state index contributed by atoms with van der Waals surface area (Å²) in [5, 5.41) is 0. The summed E-state index contributed by atoms with van der Waals surface area (Å²) in [4.78, 5) is 4.26. The Morgan fingerprint density at radius 2 is 2.67 bits per heavy atom. The predicted molar refractivity (Wildman–Crippen MR) is 39.5 cm³/mol. The van der Waals surface area contributed by atoms with Crippen LogP contribution in [0.3, 0.4) is 0 Å². The molecule has 0 fully saturated rings. The third-order valence-corrected chi connectivity index (χ3v) is 1.61. The molecule has 1 aliphatic heterocycles. The SMILES string of the molecule is C#CCC1CN=C(C)C1. The van der Waals surface area contributed by atoms with Crippen LogP contribution >= 0.6 is 0 Å². The molecular formula is C8H11N. The largest absolute Gasteiger partial charge is 0.294 e. The zero-order valence-corrected chi connectivity index (χ0v) is 5.72. The average molecular weight is 121 g/mol. The first-order valence-electron chi connectivity index (χ1n) is 3.26. The Kier molecular flexibility index (Phi) is 1.89. The third kappa shape index (κ3) is 1.57. The molecule has 1 unspecified atom stereocenters. The first-order valence-corrected chi connectivity index (χ1v) is 3.26. The summed E-state index contributed by atoms with van der Waals surface area (Å²) in [6.45, 7) is 3.02. The van der Waals surface area contributed by atoms with Gasteiger partial charge in [0.05, 0.1) is 0 Å². The van der Waals surface area contributed by atoms with Crippen LogP contribution in [-0.4, -0.2) is 12.3 Å². The summed E-state index contributed by atoms with van der Waals surface area (Å²) in [6, 6.07) is 0. The van der Waals surface area contributed by atoms with Crippen molar-refractivity contribution in [1.82, 2.24) is 0 Å². The number of hydrogen-bond donors (Lipinski definition) is 0. The molecule has 0 N–H and O–H groups in total. The highest BCUT2D eigenvalue weighted by atomic mass is 14.8. The normalized spacial score (nSPS) is 25.3. The first kappa shape index (κ1) is 6.35. The van der Waals surface area contributed by atoms with Gasteiger partial charge in [-0.1, -0.05) is 0 Å². The van der Waals surface area contributed by atoms with Crippen LogP contribution in [0.15, 0.2) is 4.99 Å². The van der Waals surface area contributed by atoms with Gasteiger partial charge in [-0.3, -0.25) is 4.99 Å². The maximum atomic E-state index is 5.15. The number of hydrogen-bond acceptors (Lipinski definition) is 1. The molecule has 0 aromatic carbocycles. The highest BCUT2D eigenvalue weighted by Crippen LogP contribution is 2.15. The van der Waals surface area contributed by atoms with Gasteiger partial charge in [0.1, 0.15) is 0 Å². The summed E-state index contributed by atoms with van der Waals surface area (Å²) in [5.41, 5.74) is 1.26. The van der Waals surface area contributed by atoms with Crippen molar-refractivity contribution in [3.05, 3.63) is 0 Å². The number of nitrogens with zero attached hydrogens (tertiary/aromatic N) is 1. The first-order chi connectivity index (χ1) is 4.33. The van der Waals surface area contributed by atoms with Crippen molar-refractivity contribution in [3.63, 3.8) is 0 Å². The molecule has 0 amide bonds. The van der Waals surface area contributed by atoms with Gasteiger partial charge in [-0.2, -0.15) is 0 Å². The lowest BCUT2D eigenvalue weighted by molar-refractivity contribution is 0.614. The molecule has 0 spiro atoms. The molecule has 0 bridgehead atoms. The molecule has 1 aliphatic rings. The molecule has 0 saturated heterocycles. The van der Waals surface area contributed by atoms with E-state index in [9.17, 15) is 0 Å². The molecule has 1 heterocycles. The fraction of sp³-hybridized carbons (Fsp3) is 0.625. The van der Waals surface area contributed by atoms with Gasteiger partial charge in [0.2, 0.25) is 0 Å². The minimum Gasteiger partial charge on any atom is -0.294 e. The zero-order chi connectivity index (χ0) is 6.69. The highest BCUT2D eigenvalue weighted by Gasteiger charge is 2.13. The van der Waals surface area contributed by atoms with Crippen LogP contribution in [-0.2, 0) is 0 Å². The van der Waals surface area contributed by atoms with Crippen LogP contribution in [0, 0.1) is 18.3 Å². The standard InChI is InChI=1S/C8H11N/c1-3-4-8-5-7(2)9-6-8/h1,8H,4-6H2,2H3. The van der Waals surface area contributed by atoms with Crippen LogP contribution in [0.4, 0.5) is 0 Å². The van der Waals surface area contributed by atoms with Crippen molar-refractivity contribution < 1.29 is 0 Å². The van der Waals surface area contributed by atoms with E-state index < -0.39 is 0 Å². The molecule has 0 aromatic heterocycles. The van der Waals surface area contributed by atoms with Gasteiger partial charge < -0.3 is 0 Å². The molecule has 1 heteroatoms. The zero-order valence-electron chi connectivity index (χ0n) is 5.72. The Balaban J connectivity index is 2.31. The molecule has 0 aromatic rings. The van der Waals surface area contributed by atoms with Crippen molar-refractivity contribution in [2.75, 3.05) is 6.54 Å². The van der Waals surface area contributed by atoms with Crippen LogP contribution in [0.2, 0.25) is 0 Å². The molecule has 9 heavy (non-hydrogen) atoms. The third-order valence-electron chi connectivity index (χ3n) is 1.61. The molecule has 1 rings (SSSR count). The summed E-state index contributed by atoms with van der Waals surface area (Å²) in [5.74, 6) is 3.30. The second kappa shape index (κ2) is 2.68. The monoisotopic (exact) mass is 121 g/mol. The Morgan fingerprint density at radius 3 is 3.11 bits per heavy atom. The lowest BCUT2D eigenvalue weighted by Gasteiger charge is -1.99. The van der Waals surface area contributed by atoms with E-state index in [0.29, 0.717) is 5.92 Å². The minimum atomic E-state index is 0.648. The topological polar surface area (TPSA) is 12.4 Å². The predicted octanol–water partition coefficient (Wildman–Crippen LogP) is 1.49. The van der Waals surface area contributed by atoms with Gasteiger partial charge in [-0.05, 0) is 19.3 Å². The summed E-state index contributed by atoms with van der Waals surface area (Å²) in [7, 11) is 0. The van der Waals surface area contributed by atoms with Crippen molar-refractivity contribution >= 4 is 5.71 Å². The summed E-state index contributed by atoms with van der Waals surface area (Å²) < 4.78 is 0. The average Bonchev–Trinajstić information content (AvgIpc) is 2.17. The lowest BCUT2D eigenvalue weighted by Crippen LogP contribution is -1.98. The molecule has 48 valence electrons. The van der Waals surface area contributed by atoms with E-state index in [2.05, 4.69) is 17.8 Å². The molecule has 0 aliphatic carbocycles. The van der Waals surface area contributed by atoms with Crippen LogP contribution in [0.1, 0.15) is 19.8 Å². The number of rotatable bonds is 1. The minimum absolute atomic E-state index is 0.648. The van der Waals surface area contributed by atoms with E-state index in [-0.39, 0.29) is 0 Å². The fourth-order valence-corrected chi connectivity index (χ4v) is 1.14. The smallest absolute Gasteiger partial charge is 0.0429 e. The van der Waals surface area contributed by atoms with Gasteiger partial charge in [-0.15, -0.1) is 12.3 Å². The van der Waals surface area contributed by atoms with Gasteiger partial charge >= 0.3 is 0 Å². The molecular weight excluding hydrogens is 110 g/mol. The second-order valence-electron chi connectivity index (χ2n) is 2.55. The summed E-state index contributed by atoms with van der Waals surface area (Å²) >= 11 is 0. The Labute approximate surface area is 56.2 Å². The van der Waals surface area contributed by atoms with E-state index in [4.69, 9.17) is 6.42 Å². The van der Waals surface area contributed by atoms with Gasteiger partial charge in [0, 0.05) is 18.7 Å². The van der Waals surface area contributed by atoms with E-state index in [0.717, 1.165) is 19.4 Å². The van der Waals surface area contributed by atoms with Gasteiger partial charge in [0.15, 0.2) is 0 Å².